The summed E-state index contributed by atoms with van der Waals surface area (Å²) in [6, 6.07) is 14.5. The van der Waals surface area contributed by atoms with Crippen LogP contribution in [0.25, 0.3) is 5.69 Å². The van der Waals surface area contributed by atoms with Crippen LogP contribution in [-0.2, 0) is 16.9 Å². The highest BCUT2D eigenvalue weighted by atomic mass is 19.1. The molecule has 1 N–H and O–H groups in total. The molecular weight excluding hydrogens is 359 g/mol. The van der Waals surface area contributed by atoms with Gasteiger partial charge in [0.05, 0.1) is 12.2 Å². The highest BCUT2D eigenvalue weighted by Gasteiger charge is 2.51. The predicted octanol–water partition coefficient (Wildman–Crippen LogP) is 3.37. The van der Waals surface area contributed by atoms with Gasteiger partial charge in [-0.25, -0.2) is 13.9 Å². The molecule has 1 aromatic heterocycles. The largest absolute Gasteiger partial charge is 0.325 e. The molecule has 7 heteroatoms. The number of nitrogens with one attached hydrogen (secondary N) is 1. The van der Waals surface area contributed by atoms with Gasteiger partial charge in [0.15, 0.2) is 0 Å². The summed E-state index contributed by atoms with van der Waals surface area (Å²) in [5, 5.41) is 6.98. The van der Waals surface area contributed by atoms with E-state index < -0.39 is 11.6 Å². The number of aromatic nitrogens is 2. The Morgan fingerprint density at radius 2 is 1.79 bits per heavy atom. The molecule has 1 atom stereocenters. The topological polar surface area (TPSA) is 67.2 Å². The van der Waals surface area contributed by atoms with Crippen molar-refractivity contribution in [2.24, 2.45) is 0 Å². The van der Waals surface area contributed by atoms with E-state index in [0.717, 1.165) is 11.3 Å². The third-order valence-electron chi connectivity index (χ3n) is 5.09. The van der Waals surface area contributed by atoms with Gasteiger partial charge in [-0.3, -0.25) is 9.69 Å². The molecule has 2 aromatic carbocycles. The number of rotatable bonds is 5. The summed E-state index contributed by atoms with van der Waals surface area (Å²) in [7, 11) is 0. The number of hydrogen-bond acceptors (Lipinski definition) is 3. The van der Waals surface area contributed by atoms with Crippen LogP contribution < -0.4 is 5.32 Å². The number of hydrogen-bond donors (Lipinski definition) is 1. The van der Waals surface area contributed by atoms with Crippen molar-refractivity contribution >= 4 is 11.9 Å². The Kier molecular flexibility index (Phi) is 4.43. The molecule has 142 valence electrons. The van der Waals surface area contributed by atoms with E-state index in [-0.39, 0.29) is 18.3 Å². The fourth-order valence-corrected chi connectivity index (χ4v) is 3.50. The normalized spacial score (nSPS) is 19.1. The lowest BCUT2D eigenvalue weighted by Gasteiger charge is -2.25. The molecule has 28 heavy (non-hydrogen) atoms. The first-order valence-electron chi connectivity index (χ1n) is 9.02. The number of nitrogens with zero attached hydrogens (tertiary/aromatic N) is 3. The number of amides is 3. The van der Waals surface area contributed by atoms with Gasteiger partial charge >= 0.3 is 6.03 Å². The summed E-state index contributed by atoms with van der Waals surface area (Å²) in [5.74, 6) is -0.719. The van der Waals surface area contributed by atoms with Gasteiger partial charge in [0.1, 0.15) is 11.4 Å². The van der Waals surface area contributed by atoms with Gasteiger partial charge in [0.2, 0.25) is 0 Å². The number of carbonyl (C=O) groups excluding carboxylic acids is 2. The molecule has 0 aliphatic carbocycles. The van der Waals surface area contributed by atoms with E-state index in [1.54, 1.807) is 23.0 Å². The first-order valence-corrected chi connectivity index (χ1v) is 9.02. The number of halogens is 1. The van der Waals surface area contributed by atoms with Crippen LogP contribution in [0.2, 0.25) is 0 Å². The van der Waals surface area contributed by atoms with Gasteiger partial charge in [-0.2, -0.15) is 5.10 Å². The first-order chi connectivity index (χ1) is 13.5. The zero-order valence-electron chi connectivity index (χ0n) is 15.3. The Morgan fingerprint density at radius 1 is 1.07 bits per heavy atom. The highest BCUT2D eigenvalue weighted by Crippen LogP contribution is 2.33. The number of benzene rings is 2. The Labute approximate surface area is 161 Å². The third kappa shape index (κ3) is 2.94. The van der Waals surface area contributed by atoms with Crippen LogP contribution in [-0.4, -0.2) is 26.6 Å². The lowest BCUT2D eigenvalue weighted by molar-refractivity contribution is -0.132. The average Bonchev–Trinajstić information content (AvgIpc) is 3.32. The number of imide groups is 1. The molecule has 1 fully saturated rings. The van der Waals surface area contributed by atoms with E-state index in [1.165, 1.54) is 17.0 Å². The van der Waals surface area contributed by atoms with Crippen molar-refractivity contribution in [3.05, 3.63) is 83.9 Å². The molecule has 1 unspecified atom stereocenters. The van der Waals surface area contributed by atoms with E-state index in [2.05, 4.69) is 10.4 Å². The van der Waals surface area contributed by atoms with Gasteiger partial charge in [-0.05, 0) is 47.9 Å². The van der Waals surface area contributed by atoms with Gasteiger partial charge in [0, 0.05) is 12.4 Å². The average molecular weight is 378 g/mol. The SMILES string of the molecule is CCC1(c2ccc(F)cc2)NC(=O)N(Cc2ccc(-n3cccn3)cc2)C1=O. The molecule has 0 spiro atoms. The zero-order chi connectivity index (χ0) is 19.7. The van der Waals surface area contributed by atoms with Crippen molar-refractivity contribution in [2.75, 3.05) is 0 Å². The van der Waals surface area contributed by atoms with Gasteiger partial charge in [-0.1, -0.05) is 31.2 Å². The third-order valence-corrected chi connectivity index (χ3v) is 5.09. The Morgan fingerprint density at radius 3 is 2.39 bits per heavy atom. The summed E-state index contributed by atoms with van der Waals surface area (Å²) in [4.78, 5) is 26.9. The maximum Gasteiger partial charge on any atom is 0.325 e. The molecule has 1 aliphatic heterocycles. The maximum absolute atomic E-state index is 13.3. The first kappa shape index (κ1) is 17.9. The van der Waals surface area contributed by atoms with Crippen molar-refractivity contribution in [3.8, 4) is 5.69 Å². The minimum absolute atomic E-state index is 0.160. The fraction of sp³-hybridized carbons (Fsp3) is 0.190. The number of urea groups is 1. The molecule has 0 bridgehead atoms. The summed E-state index contributed by atoms with van der Waals surface area (Å²) in [5.41, 5.74) is 1.12. The Bertz CT molecular complexity index is 1000. The number of carbonyl (C=O) groups is 2. The van der Waals surface area contributed by atoms with E-state index in [9.17, 15) is 14.0 Å². The fourth-order valence-electron chi connectivity index (χ4n) is 3.50. The molecule has 3 aromatic rings. The maximum atomic E-state index is 13.3. The summed E-state index contributed by atoms with van der Waals surface area (Å²) >= 11 is 0. The van der Waals surface area contributed by atoms with Crippen LogP contribution in [0.4, 0.5) is 9.18 Å². The lowest BCUT2D eigenvalue weighted by atomic mass is 9.87. The highest BCUT2D eigenvalue weighted by molar-refractivity contribution is 6.07. The van der Waals surface area contributed by atoms with Crippen LogP contribution in [0.15, 0.2) is 67.0 Å². The second kappa shape index (κ2) is 6.92. The minimum Gasteiger partial charge on any atom is -0.319 e. The van der Waals surface area contributed by atoms with Crippen LogP contribution in [0.1, 0.15) is 24.5 Å². The predicted molar refractivity (Wildman–Crippen MR) is 101 cm³/mol. The molecule has 1 aliphatic rings. The van der Waals surface area contributed by atoms with Crippen molar-refractivity contribution in [1.82, 2.24) is 20.0 Å². The summed E-state index contributed by atoms with van der Waals surface area (Å²) < 4.78 is 15.0. The van der Waals surface area contributed by atoms with Crippen LogP contribution in [0.3, 0.4) is 0 Å². The standard InChI is InChI=1S/C21H19FN4O2/c1-2-21(16-6-8-17(22)9-7-16)19(27)25(20(28)24-21)14-15-4-10-18(11-5-15)26-13-3-12-23-26/h3-13H,2,14H2,1H3,(H,24,28). The molecule has 3 amide bonds. The quantitative estimate of drug-likeness (QED) is 0.692. The molecular formula is C21H19FN4O2. The van der Waals surface area contributed by atoms with Crippen LogP contribution in [0.5, 0.6) is 0 Å². The smallest absolute Gasteiger partial charge is 0.319 e. The Balaban J connectivity index is 1.58. The van der Waals surface area contributed by atoms with E-state index in [4.69, 9.17) is 0 Å². The van der Waals surface area contributed by atoms with Gasteiger partial charge < -0.3 is 5.32 Å². The minimum atomic E-state index is -1.17. The van der Waals surface area contributed by atoms with E-state index in [0.29, 0.717) is 12.0 Å². The molecule has 0 radical (unpaired) electrons. The zero-order valence-corrected chi connectivity index (χ0v) is 15.3. The van der Waals surface area contributed by atoms with Crippen LogP contribution >= 0.6 is 0 Å². The van der Waals surface area contributed by atoms with E-state index in [1.807, 2.05) is 43.5 Å². The van der Waals surface area contributed by atoms with E-state index >= 15 is 0 Å². The second-order valence-electron chi connectivity index (χ2n) is 6.70. The van der Waals surface area contributed by atoms with Crippen molar-refractivity contribution in [3.63, 3.8) is 0 Å². The summed E-state index contributed by atoms with van der Waals surface area (Å²) in [6.07, 6.45) is 3.91. The molecule has 1 saturated heterocycles. The van der Waals surface area contributed by atoms with Crippen molar-refractivity contribution in [2.45, 2.75) is 25.4 Å². The molecule has 0 saturated carbocycles. The van der Waals surface area contributed by atoms with Crippen molar-refractivity contribution in [1.29, 1.82) is 0 Å². The van der Waals surface area contributed by atoms with Gasteiger partial charge in [0.25, 0.3) is 5.91 Å². The molecule has 4 rings (SSSR count). The van der Waals surface area contributed by atoms with Crippen molar-refractivity contribution < 1.29 is 14.0 Å². The second-order valence-corrected chi connectivity index (χ2v) is 6.70. The van der Waals surface area contributed by atoms with Gasteiger partial charge in [-0.15, -0.1) is 0 Å². The lowest BCUT2D eigenvalue weighted by Crippen LogP contribution is -2.43. The summed E-state index contributed by atoms with van der Waals surface area (Å²) in [6.45, 7) is 1.98. The monoisotopic (exact) mass is 378 g/mol. The molecule has 6 nitrogen and oxygen atoms in total. The Hall–Kier alpha value is -3.48. The molecule has 2 heterocycles. The van der Waals surface area contributed by atoms with Crippen LogP contribution in [0, 0.1) is 5.82 Å².